The molecule has 1 saturated heterocycles. The predicted octanol–water partition coefficient (Wildman–Crippen LogP) is -0.481. The molecule has 0 amide bonds. The molecule has 0 unspecified atom stereocenters. The number of ether oxygens (including phenoxy) is 2. The van der Waals surface area contributed by atoms with Crippen LogP contribution in [0.5, 0.6) is 5.75 Å². The number of aliphatic hydroxyl groups is 4. The van der Waals surface area contributed by atoms with Gasteiger partial charge >= 0.3 is 0 Å². The highest BCUT2D eigenvalue weighted by Crippen LogP contribution is 2.24. The molecule has 1 aromatic rings. The Bertz CT molecular complexity index is 409. The number of hydrogen-bond acceptors (Lipinski definition) is 6. The first-order valence-corrected chi connectivity index (χ1v) is 6.13. The molecule has 0 spiro atoms. The van der Waals surface area contributed by atoms with E-state index in [0.29, 0.717) is 10.8 Å². The summed E-state index contributed by atoms with van der Waals surface area (Å²) in [5, 5.41) is 38.5. The van der Waals surface area contributed by atoms with Crippen molar-refractivity contribution in [2.75, 3.05) is 6.61 Å². The second-order valence-corrected chi connectivity index (χ2v) is 4.71. The molecule has 7 heteroatoms. The normalized spacial score (nSPS) is 35.1. The number of hydrogen-bond donors (Lipinski definition) is 4. The molecule has 2 rings (SSSR count). The molecule has 0 saturated carbocycles. The van der Waals surface area contributed by atoms with E-state index < -0.39 is 37.3 Å². The predicted molar refractivity (Wildman–Crippen MR) is 65.8 cm³/mol. The second kappa shape index (κ2) is 6.04. The van der Waals surface area contributed by atoms with Crippen LogP contribution in [0.1, 0.15) is 0 Å². The molecule has 4 N–H and O–H groups in total. The summed E-state index contributed by atoms with van der Waals surface area (Å²) < 4.78 is 10.6. The quantitative estimate of drug-likeness (QED) is 0.600. The van der Waals surface area contributed by atoms with Crippen molar-refractivity contribution in [1.29, 1.82) is 0 Å². The Kier molecular flexibility index (Phi) is 4.62. The number of halogens is 1. The lowest BCUT2D eigenvalue weighted by Gasteiger charge is -2.39. The van der Waals surface area contributed by atoms with E-state index in [4.69, 9.17) is 26.2 Å². The van der Waals surface area contributed by atoms with E-state index in [1.54, 1.807) is 24.3 Å². The smallest absolute Gasteiger partial charge is 0.229 e. The molecule has 1 aliphatic heterocycles. The van der Waals surface area contributed by atoms with Crippen molar-refractivity contribution >= 4 is 11.6 Å². The van der Waals surface area contributed by atoms with Crippen LogP contribution < -0.4 is 4.74 Å². The van der Waals surface area contributed by atoms with E-state index >= 15 is 0 Å². The zero-order valence-electron chi connectivity index (χ0n) is 9.89. The molecule has 1 fully saturated rings. The molecular formula is C12H15ClO6. The Labute approximate surface area is 114 Å². The van der Waals surface area contributed by atoms with Crippen LogP contribution in [0, 0.1) is 0 Å². The first-order valence-electron chi connectivity index (χ1n) is 5.75. The van der Waals surface area contributed by atoms with E-state index in [9.17, 15) is 15.3 Å². The summed E-state index contributed by atoms with van der Waals surface area (Å²) in [6.07, 6.45) is -6.45. The third-order valence-corrected chi connectivity index (χ3v) is 3.17. The zero-order chi connectivity index (χ0) is 14.0. The molecule has 0 radical (unpaired) electrons. The van der Waals surface area contributed by atoms with E-state index in [1.807, 2.05) is 0 Å². The fourth-order valence-corrected chi connectivity index (χ4v) is 1.94. The van der Waals surface area contributed by atoms with Crippen molar-refractivity contribution in [2.45, 2.75) is 30.7 Å². The minimum Gasteiger partial charge on any atom is -0.462 e. The standard InChI is InChI=1S/C12H15ClO6/c13-6-1-3-7(4-2-6)18-12-11(17)10(16)9(15)8(5-14)19-12/h1-4,8-12,14-17H,5H2/t8-,9-,10+,11-,12+/m0/s1. The van der Waals surface area contributed by atoms with Crippen LogP contribution in [0.4, 0.5) is 0 Å². The summed E-state index contributed by atoms with van der Waals surface area (Å²) in [6, 6.07) is 6.34. The van der Waals surface area contributed by atoms with E-state index in [2.05, 4.69) is 0 Å². The van der Waals surface area contributed by atoms with Crippen molar-refractivity contribution in [3.8, 4) is 5.75 Å². The molecule has 1 aromatic carbocycles. The monoisotopic (exact) mass is 290 g/mol. The van der Waals surface area contributed by atoms with Crippen LogP contribution in [0.3, 0.4) is 0 Å². The summed E-state index contributed by atoms with van der Waals surface area (Å²) in [4.78, 5) is 0. The van der Waals surface area contributed by atoms with Crippen molar-refractivity contribution in [3.05, 3.63) is 29.3 Å². The van der Waals surface area contributed by atoms with Crippen molar-refractivity contribution in [2.24, 2.45) is 0 Å². The van der Waals surface area contributed by atoms with E-state index in [0.717, 1.165) is 0 Å². The van der Waals surface area contributed by atoms with E-state index in [1.165, 1.54) is 0 Å². The minimum atomic E-state index is -1.46. The Morgan fingerprint density at radius 2 is 1.68 bits per heavy atom. The first-order chi connectivity index (χ1) is 9.02. The fourth-order valence-electron chi connectivity index (χ4n) is 1.81. The van der Waals surface area contributed by atoms with Crippen LogP contribution in [0.25, 0.3) is 0 Å². The third kappa shape index (κ3) is 3.17. The van der Waals surface area contributed by atoms with E-state index in [-0.39, 0.29) is 0 Å². The van der Waals surface area contributed by atoms with Gasteiger partial charge in [0.25, 0.3) is 0 Å². The molecule has 0 bridgehead atoms. The molecule has 106 valence electrons. The molecule has 5 atom stereocenters. The number of rotatable bonds is 3. The average molecular weight is 291 g/mol. The van der Waals surface area contributed by atoms with Gasteiger partial charge < -0.3 is 29.9 Å². The van der Waals surface area contributed by atoms with Crippen LogP contribution in [0.2, 0.25) is 5.02 Å². The van der Waals surface area contributed by atoms with Gasteiger partial charge in [-0.05, 0) is 24.3 Å². The van der Waals surface area contributed by atoms with Gasteiger partial charge in [0.05, 0.1) is 6.61 Å². The van der Waals surface area contributed by atoms with Crippen LogP contribution in [-0.4, -0.2) is 57.7 Å². The summed E-state index contributed by atoms with van der Waals surface area (Å²) in [5.74, 6) is 0.383. The van der Waals surface area contributed by atoms with Gasteiger partial charge in [0.1, 0.15) is 30.2 Å². The highest BCUT2D eigenvalue weighted by molar-refractivity contribution is 6.30. The van der Waals surface area contributed by atoms with Gasteiger partial charge in [0, 0.05) is 5.02 Å². The number of aliphatic hydroxyl groups excluding tert-OH is 4. The Hall–Kier alpha value is -0.890. The lowest BCUT2D eigenvalue weighted by Crippen LogP contribution is -2.60. The SMILES string of the molecule is OC[C@@H]1O[C@@H](Oc2ccc(Cl)cc2)[C@@H](O)[C@H](O)[C@H]1O. The molecule has 6 nitrogen and oxygen atoms in total. The maximum Gasteiger partial charge on any atom is 0.229 e. The zero-order valence-corrected chi connectivity index (χ0v) is 10.6. The van der Waals surface area contributed by atoms with Gasteiger partial charge in [0.2, 0.25) is 6.29 Å². The maximum atomic E-state index is 9.77. The fraction of sp³-hybridized carbons (Fsp3) is 0.500. The largest absolute Gasteiger partial charge is 0.462 e. The van der Waals surface area contributed by atoms with Crippen molar-refractivity contribution in [3.63, 3.8) is 0 Å². The van der Waals surface area contributed by atoms with Crippen LogP contribution >= 0.6 is 11.6 Å². The van der Waals surface area contributed by atoms with Gasteiger partial charge in [0.15, 0.2) is 0 Å². The molecule has 0 aliphatic carbocycles. The van der Waals surface area contributed by atoms with Gasteiger partial charge in [-0.25, -0.2) is 0 Å². The summed E-state index contributed by atoms with van der Waals surface area (Å²) >= 11 is 5.73. The Morgan fingerprint density at radius 3 is 2.26 bits per heavy atom. The highest BCUT2D eigenvalue weighted by Gasteiger charge is 2.44. The molecule has 1 heterocycles. The Morgan fingerprint density at radius 1 is 1.05 bits per heavy atom. The van der Waals surface area contributed by atoms with Gasteiger partial charge in [-0.2, -0.15) is 0 Å². The minimum absolute atomic E-state index is 0.383. The molecule has 1 aliphatic rings. The van der Waals surface area contributed by atoms with Gasteiger partial charge in [-0.3, -0.25) is 0 Å². The van der Waals surface area contributed by atoms with Gasteiger partial charge in [-0.15, -0.1) is 0 Å². The second-order valence-electron chi connectivity index (χ2n) is 4.27. The summed E-state index contributed by atoms with van der Waals surface area (Å²) in [6.45, 7) is -0.495. The topological polar surface area (TPSA) is 99.4 Å². The average Bonchev–Trinajstić information content (AvgIpc) is 2.42. The first kappa shape index (κ1) is 14.5. The maximum absolute atomic E-state index is 9.77. The van der Waals surface area contributed by atoms with Crippen LogP contribution in [-0.2, 0) is 4.74 Å². The molecular weight excluding hydrogens is 276 g/mol. The molecule has 0 aromatic heterocycles. The van der Waals surface area contributed by atoms with Crippen molar-refractivity contribution < 1.29 is 29.9 Å². The third-order valence-electron chi connectivity index (χ3n) is 2.91. The van der Waals surface area contributed by atoms with Gasteiger partial charge in [-0.1, -0.05) is 11.6 Å². The lowest BCUT2D eigenvalue weighted by molar-refractivity contribution is -0.277. The number of benzene rings is 1. The van der Waals surface area contributed by atoms with Crippen molar-refractivity contribution in [1.82, 2.24) is 0 Å². The lowest BCUT2D eigenvalue weighted by atomic mass is 9.99. The summed E-state index contributed by atoms with van der Waals surface area (Å²) in [7, 11) is 0. The molecule has 19 heavy (non-hydrogen) atoms. The summed E-state index contributed by atoms with van der Waals surface area (Å²) in [5.41, 5.74) is 0. The van der Waals surface area contributed by atoms with Crippen LogP contribution in [0.15, 0.2) is 24.3 Å². The highest BCUT2D eigenvalue weighted by atomic mass is 35.5. The Balaban J connectivity index is 2.08.